The van der Waals surface area contributed by atoms with Crippen LogP contribution in [0.1, 0.15) is 28.4 Å². The van der Waals surface area contributed by atoms with Crippen molar-refractivity contribution in [1.82, 2.24) is 15.3 Å². The molecule has 0 unspecified atom stereocenters. The van der Waals surface area contributed by atoms with E-state index in [0.29, 0.717) is 5.56 Å². The van der Waals surface area contributed by atoms with E-state index in [4.69, 9.17) is 10.00 Å². The predicted molar refractivity (Wildman–Crippen MR) is 107 cm³/mol. The van der Waals surface area contributed by atoms with Gasteiger partial charge in [0, 0.05) is 18.3 Å². The second-order valence-corrected chi connectivity index (χ2v) is 6.39. The molecular formula is C23H16N4O2. The summed E-state index contributed by atoms with van der Waals surface area (Å²) in [5, 5.41) is 11.3. The fourth-order valence-electron chi connectivity index (χ4n) is 3.36. The van der Waals surface area contributed by atoms with Crippen LogP contribution < -0.4 is 5.32 Å². The van der Waals surface area contributed by atoms with Crippen LogP contribution in [0.2, 0.25) is 0 Å². The number of amides is 1. The number of nitriles is 1. The lowest BCUT2D eigenvalue weighted by Crippen LogP contribution is -2.26. The highest BCUT2D eigenvalue weighted by Crippen LogP contribution is 2.44. The molecule has 6 heteroatoms. The lowest BCUT2D eigenvalue weighted by molar-refractivity contribution is 0.144. The molecule has 1 aliphatic carbocycles. The highest BCUT2D eigenvalue weighted by atomic mass is 16.5. The van der Waals surface area contributed by atoms with Crippen LogP contribution in [-0.2, 0) is 4.74 Å². The van der Waals surface area contributed by atoms with E-state index in [1.165, 1.54) is 34.6 Å². The van der Waals surface area contributed by atoms with Crippen molar-refractivity contribution in [2.24, 2.45) is 0 Å². The van der Waals surface area contributed by atoms with Crippen LogP contribution in [0.3, 0.4) is 0 Å². The summed E-state index contributed by atoms with van der Waals surface area (Å²) in [6, 6.07) is 18.2. The largest absolute Gasteiger partial charge is 0.449 e. The van der Waals surface area contributed by atoms with Gasteiger partial charge in [0.2, 0.25) is 5.82 Å². The minimum atomic E-state index is -0.516. The number of nitrogens with zero attached hydrogens (tertiary/aromatic N) is 3. The second kappa shape index (κ2) is 8.24. The third-order valence-corrected chi connectivity index (χ3v) is 4.65. The number of ether oxygens (including phenoxy) is 1. The van der Waals surface area contributed by atoms with Gasteiger partial charge in [0.05, 0.1) is 12.1 Å². The van der Waals surface area contributed by atoms with Crippen molar-refractivity contribution in [3.05, 3.63) is 83.4 Å². The maximum atomic E-state index is 12.1. The molecule has 0 bridgehead atoms. The van der Waals surface area contributed by atoms with Crippen molar-refractivity contribution in [1.29, 1.82) is 5.26 Å². The Morgan fingerprint density at radius 2 is 1.66 bits per heavy atom. The Morgan fingerprint density at radius 3 is 2.28 bits per heavy atom. The molecule has 140 valence electrons. The van der Waals surface area contributed by atoms with Gasteiger partial charge in [0.15, 0.2) is 0 Å². The maximum absolute atomic E-state index is 12.1. The first kappa shape index (κ1) is 18.2. The van der Waals surface area contributed by atoms with E-state index in [-0.39, 0.29) is 24.9 Å². The molecule has 1 aromatic heterocycles. The molecule has 0 atom stereocenters. The van der Waals surface area contributed by atoms with Crippen LogP contribution in [0.25, 0.3) is 11.1 Å². The molecular weight excluding hydrogens is 364 g/mol. The van der Waals surface area contributed by atoms with Crippen molar-refractivity contribution < 1.29 is 9.53 Å². The molecule has 1 N–H and O–H groups in total. The van der Waals surface area contributed by atoms with E-state index in [2.05, 4.69) is 51.4 Å². The van der Waals surface area contributed by atoms with E-state index in [1.54, 1.807) is 0 Å². The SMILES string of the molecule is N#Cc1ncc(C#CCNC(=O)OCC2c3ccccc3-c3ccccc32)cn1. The fraction of sp³-hybridized carbons (Fsp3) is 0.130. The Kier molecular flexibility index (Phi) is 5.18. The smallest absolute Gasteiger partial charge is 0.407 e. The molecule has 0 aliphatic heterocycles. The summed E-state index contributed by atoms with van der Waals surface area (Å²) in [5.74, 6) is 5.74. The fourth-order valence-corrected chi connectivity index (χ4v) is 3.36. The standard InChI is InChI=1S/C23H16N4O2/c24-12-22-26-13-16(14-27-22)6-5-11-25-23(28)29-15-21-19-9-3-1-7-17(19)18-8-2-4-10-20(18)21/h1-4,7-10,13-14,21H,11,15H2,(H,25,28). The van der Waals surface area contributed by atoms with E-state index in [1.807, 2.05) is 30.3 Å². The van der Waals surface area contributed by atoms with E-state index in [9.17, 15) is 4.79 Å². The van der Waals surface area contributed by atoms with E-state index < -0.39 is 6.09 Å². The number of carbonyl (C=O) groups excluding carboxylic acids is 1. The number of aromatic nitrogens is 2. The number of nitrogens with one attached hydrogen (secondary N) is 1. The minimum Gasteiger partial charge on any atom is -0.449 e. The molecule has 1 amide bonds. The highest BCUT2D eigenvalue weighted by Gasteiger charge is 2.28. The number of carbonyl (C=O) groups is 1. The van der Waals surface area contributed by atoms with Crippen molar-refractivity contribution in [3.63, 3.8) is 0 Å². The topological polar surface area (TPSA) is 87.9 Å². The zero-order valence-electron chi connectivity index (χ0n) is 15.4. The molecule has 6 nitrogen and oxygen atoms in total. The first-order chi connectivity index (χ1) is 14.3. The number of rotatable bonds is 3. The average molecular weight is 380 g/mol. The number of fused-ring (bicyclic) bond motifs is 3. The number of hydrogen-bond acceptors (Lipinski definition) is 5. The molecule has 2 aromatic carbocycles. The third kappa shape index (κ3) is 3.92. The molecule has 0 saturated heterocycles. The molecule has 0 radical (unpaired) electrons. The summed E-state index contributed by atoms with van der Waals surface area (Å²) >= 11 is 0. The summed E-state index contributed by atoms with van der Waals surface area (Å²) in [6.07, 6.45) is 2.41. The van der Waals surface area contributed by atoms with Gasteiger partial charge in [-0.05, 0) is 22.3 Å². The lowest BCUT2D eigenvalue weighted by Gasteiger charge is -2.14. The monoisotopic (exact) mass is 380 g/mol. The Bertz CT molecular complexity index is 1110. The minimum absolute atomic E-state index is 0.0232. The first-order valence-electron chi connectivity index (χ1n) is 9.06. The average Bonchev–Trinajstić information content (AvgIpc) is 3.09. The maximum Gasteiger partial charge on any atom is 0.407 e. The van der Waals surface area contributed by atoms with Gasteiger partial charge in [0.1, 0.15) is 12.7 Å². The molecule has 0 saturated carbocycles. The van der Waals surface area contributed by atoms with Gasteiger partial charge >= 0.3 is 6.09 Å². The van der Waals surface area contributed by atoms with Gasteiger partial charge in [-0.3, -0.25) is 0 Å². The number of alkyl carbamates (subject to hydrolysis) is 1. The van der Waals surface area contributed by atoms with Crippen LogP contribution >= 0.6 is 0 Å². The Morgan fingerprint density at radius 1 is 1.03 bits per heavy atom. The Balaban J connectivity index is 1.33. The van der Waals surface area contributed by atoms with Gasteiger partial charge in [-0.2, -0.15) is 5.26 Å². The van der Waals surface area contributed by atoms with Gasteiger partial charge in [-0.1, -0.05) is 60.4 Å². The predicted octanol–water partition coefficient (Wildman–Crippen LogP) is 3.24. The van der Waals surface area contributed by atoms with Crippen molar-refractivity contribution in [2.75, 3.05) is 13.2 Å². The quantitative estimate of drug-likeness (QED) is 0.705. The van der Waals surface area contributed by atoms with E-state index in [0.717, 1.165) is 0 Å². The highest BCUT2D eigenvalue weighted by molar-refractivity contribution is 5.79. The molecule has 3 aromatic rings. The zero-order chi connectivity index (χ0) is 20.1. The first-order valence-corrected chi connectivity index (χ1v) is 9.06. The summed E-state index contributed by atoms with van der Waals surface area (Å²) in [5.41, 5.74) is 5.28. The normalized spacial score (nSPS) is 11.4. The summed E-state index contributed by atoms with van der Waals surface area (Å²) in [4.78, 5) is 19.7. The van der Waals surface area contributed by atoms with Crippen molar-refractivity contribution >= 4 is 6.09 Å². The van der Waals surface area contributed by atoms with Crippen LogP contribution in [0.5, 0.6) is 0 Å². The Hall–Kier alpha value is -4.16. The Labute approximate surface area is 168 Å². The number of benzene rings is 2. The lowest BCUT2D eigenvalue weighted by atomic mass is 9.98. The van der Waals surface area contributed by atoms with Crippen LogP contribution in [0.15, 0.2) is 60.9 Å². The summed E-state index contributed by atoms with van der Waals surface area (Å²) in [6.45, 7) is 0.396. The molecule has 0 fully saturated rings. The van der Waals surface area contributed by atoms with Crippen molar-refractivity contribution in [3.8, 4) is 29.0 Å². The third-order valence-electron chi connectivity index (χ3n) is 4.65. The summed E-state index contributed by atoms with van der Waals surface area (Å²) < 4.78 is 5.44. The molecule has 1 heterocycles. The summed E-state index contributed by atoms with van der Waals surface area (Å²) in [7, 11) is 0. The molecule has 29 heavy (non-hydrogen) atoms. The van der Waals surface area contributed by atoms with Gasteiger partial charge in [-0.15, -0.1) is 0 Å². The number of hydrogen-bond donors (Lipinski definition) is 1. The van der Waals surface area contributed by atoms with Crippen LogP contribution in [0.4, 0.5) is 4.79 Å². The van der Waals surface area contributed by atoms with Crippen LogP contribution in [0, 0.1) is 23.2 Å². The van der Waals surface area contributed by atoms with Gasteiger partial charge < -0.3 is 10.1 Å². The van der Waals surface area contributed by atoms with Crippen LogP contribution in [-0.4, -0.2) is 29.2 Å². The van der Waals surface area contributed by atoms with Gasteiger partial charge in [0.25, 0.3) is 0 Å². The van der Waals surface area contributed by atoms with E-state index >= 15 is 0 Å². The molecule has 1 aliphatic rings. The second-order valence-electron chi connectivity index (χ2n) is 6.39. The zero-order valence-corrected chi connectivity index (χ0v) is 15.4. The molecule has 0 spiro atoms. The van der Waals surface area contributed by atoms with Gasteiger partial charge in [-0.25, -0.2) is 14.8 Å². The van der Waals surface area contributed by atoms with Crippen molar-refractivity contribution in [2.45, 2.75) is 5.92 Å². The molecule has 4 rings (SSSR count).